The fraction of sp³-hybridized carbons (Fsp3) is 0.913. The predicted molar refractivity (Wildman–Crippen MR) is 329 cm³/mol. The minimum Gasteiger partial charge on any atom is -0.466 e. The smallest absolute Gasteiger partial charge is 0.305 e. The molecule has 0 bridgehead atoms. The summed E-state index contributed by atoms with van der Waals surface area (Å²) in [7, 11) is 0. The zero-order chi connectivity index (χ0) is 54.3. The van der Waals surface area contributed by atoms with Gasteiger partial charge in [0.05, 0.1) is 25.4 Å². The molecule has 0 aromatic rings. The van der Waals surface area contributed by atoms with E-state index in [9.17, 15) is 19.8 Å². The molecule has 2 unspecified atom stereocenters. The highest BCUT2D eigenvalue weighted by Crippen LogP contribution is 2.19. The average molecular weight is 1060 g/mol. The average Bonchev–Trinajstić information content (AvgIpc) is 3.41. The molecule has 0 rings (SSSR count). The zero-order valence-electron chi connectivity index (χ0n) is 50.8. The fourth-order valence-corrected chi connectivity index (χ4v) is 10.8. The molecule has 0 aliphatic rings. The van der Waals surface area contributed by atoms with Crippen molar-refractivity contribution in [3.8, 4) is 0 Å². The first-order valence-electron chi connectivity index (χ1n) is 34.1. The Bertz CT molecular complexity index is 1170. The van der Waals surface area contributed by atoms with Crippen molar-refractivity contribution < 1.29 is 24.5 Å². The molecule has 0 heterocycles. The van der Waals surface area contributed by atoms with Crippen molar-refractivity contribution in [3.05, 3.63) is 24.3 Å². The van der Waals surface area contributed by atoms with E-state index in [1.807, 2.05) is 0 Å². The van der Waals surface area contributed by atoms with E-state index >= 15 is 0 Å². The van der Waals surface area contributed by atoms with Gasteiger partial charge in [0.25, 0.3) is 0 Å². The number of hydrogen-bond donors (Lipinski definition) is 3. The molecule has 444 valence electrons. The summed E-state index contributed by atoms with van der Waals surface area (Å²) in [6, 6.07) is -0.538. The maximum atomic E-state index is 12.5. The molecule has 2 atom stereocenters. The summed E-state index contributed by atoms with van der Waals surface area (Å²) in [5, 5.41) is 23.3. The molecule has 0 aromatic heterocycles. The second-order valence-corrected chi connectivity index (χ2v) is 23.5. The summed E-state index contributed by atoms with van der Waals surface area (Å²) in [6.07, 6.45) is 80.8. The van der Waals surface area contributed by atoms with Crippen LogP contribution >= 0.6 is 0 Å². The number of unbranched alkanes of at least 4 members (excludes halogenated alkanes) is 49. The number of nitrogens with one attached hydrogen (secondary N) is 1. The number of ether oxygens (including phenoxy) is 1. The summed E-state index contributed by atoms with van der Waals surface area (Å²) < 4.78 is 5.48. The van der Waals surface area contributed by atoms with Crippen LogP contribution in [0, 0.1) is 0 Å². The molecule has 0 aliphatic heterocycles. The number of allylic oxidation sites excluding steroid dienone is 4. The van der Waals surface area contributed by atoms with Gasteiger partial charge >= 0.3 is 5.97 Å². The van der Waals surface area contributed by atoms with Gasteiger partial charge in [-0.1, -0.05) is 340 Å². The van der Waals surface area contributed by atoms with Crippen LogP contribution in [0.15, 0.2) is 24.3 Å². The molecule has 6 nitrogen and oxygen atoms in total. The minimum absolute atomic E-state index is 0.00512. The van der Waals surface area contributed by atoms with E-state index in [4.69, 9.17) is 4.74 Å². The molecular formula is C69H133NO5. The highest BCUT2D eigenvalue weighted by molar-refractivity contribution is 5.76. The van der Waals surface area contributed by atoms with E-state index in [-0.39, 0.29) is 18.5 Å². The highest BCUT2D eigenvalue weighted by atomic mass is 16.5. The van der Waals surface area contributed by atoms with Crippen LogP contribution in [0.25, 0.3) is 0 Å². The first-order valence-corrected chi connectivity index (χ1v) is 34.1. The molecular weight excluding hydrogens is 923 g/mol. The molecule has 6 heteroatoms. The van der Waals surface area contributed by atoms with Crippen LogP contribution in [0.3, 0.4) is 0 Å². The zero-order valence-corrected chi connectivity index (χ0v) is 50.8. The molecule has 0 aromatic carbocycles. The third kappa shape index (κ3) is 61.4. The summed E-state index contributed by atoms with van der Waals surface area (Å²) in [4.78, 5) is 24.5. The van der Waals surface area contributed by atoms with E-state index in [1.54, 1.807) is 0 Å². The van der Waals surface area contributed by atoms with E-state index in [0.717, 1.165) is 51.4 Å². The maximum Gasteiger partial charge on any atom is 0.305 e. The number of carbonyl (C=O) groups is 2. The van der Waals surface area contributed by atoms with Gasteiger partial charge in [0.1, 0.15) is 0 Å². The SMILES string of the molecule is CCC/C=C\C/C=C\CCCCCCCC(=O)OCCCCCCCCCCCCCCCCCCCCCCCCCCCCCCCCC(=O)NC(CO)C(O)CCCCCCCCCCCCCCCCC. The number of rotatable bonds is 64. The van der Waals surface area contributed by atoms with Crippen LogP contribution in [0.5, 0.6) is 0 Å². The highest BCUT2D eigenvalue weighted by Gasteiger charge is 2.20. The third-order valence-electron chi connectivity index (χ3n) is 16.0. The molecule has 0 saturated heterocycles. The van der Waals surface area contributed by atoms with Crippen molar-refractivity contribution in [3.63, 3.8) is 0 Å². The van der Waals surface area contributed by atoms with Crippen molar-refractivity contribution in [2.45, 2.75) is 392 Å². The number of carbonyl (C=O) groups excluding carboxylic acids is 2. The maximum absolute atomic E-state index is 12.5. The van der Waals surface area contributed by atoms with Crippen LogP contribution in [0.2, 0.25) is 0 Å². The molecule has 3 N–H and O–H groups in total. The van der Waals surface area contributed by atoms with Crippen molar-refractivity contribution in [1.82, 2.24) is 5.32 Å². The standard InChI is InChI=1S/C69H133NO5/c1-3-5-7-9-11-13-15-17-34-38-41-45-49-53-57-61-67(72)66(65-71)70-68(73)62-58-54-50-46-42-39-35-32-30-28-26-24-22-20-18-19-21-23-25-27-29-31-33-36-40-44-48-52-56-60-64-75-69(74)63-59-55-51-47-43-37-16-14-12-10-8-6-4-2/h8,10,14,16,66-67,71-72H,3-7,9,11-13,15,17-65H2,1-2H3,(H,70,73)/b10-8-,16-14-. The molecule has 0 aliphatic carbocycles. The lowest BCUT2D eigenvalue weighted by Crippen LogP contribution is -2.45. The van der Waals surface area contributed by atoms with Gasteiger partial charge in [-0.15, -0.1) is 0 Å². The van der Waals surface area contributed by atoms with Crippen molar-refractivity contribution in [1.29, 1.82) is 0 Å². The van der Waals surface area contributed by atoms with E-state index in [2.05, 4.69) is 43.5 Å². The summed E-state index contributed by atoms with van der Waals surface area (Å²) in [5.41, 5.74) is 0. The lowest BCUT2D eigenvalue weighted by molar-refractivity contribution is -0.143. The Labute approximate surface area is 469 Å². The molecule has 0 saturated carbocycles. The van der Waals surface area contributed by atoms with Crippen LogP contribution < -0.4 is 5.32 Å². The lowest BCUT2D eigenvalue weighted by Gasteiger charge is -2.22. The van der Waals surface area contributed by atoms with Gasteiger partial charge in [-0.25, -0.2) is 0 Å². The number of amides is 1. The summed E-state index contributed by atoms with van der Waals surface area (Å²) in [5.74, 6) is -0.0232. The first-order chi connectivity index (χ1) is 37.0. The van der Waals surface area contributed by atoms with Crippen LogP contribution in [0.1, 0.15) is 380 Å². The Balaban J connectivity index is 3.33. The number of esters is 1. The van der Waals surface area contributed by atoms with E-state index in [1.165, 1.54) is 295 Å². The van der Waals surface area contributed by atoms with Gasteiger partial charge in [-0.2, -0.15) is 0 Å². The third-order valence-corrected chi connectivity index (χ3v) is 16.0. The van der Waals surface area contributed by atoms with Crippen LogP contribution in [0.4, 0.5) is 0 Å². The van der Waals surface area contributed by atoms with Crippen molar-refractivity contribution in [2.75, 3.05) is 13.2 Å². The van der Waals surface area contributed by atoms with Crippen molar-refractivity contribution >= 4 is 11.9 Å². The Morgan fingerprint density at radius 3 is 1.07 bits per heavy atom. The number of aliphatic hydroxyl groups is 2. The quantitative estimate of drug-likeness (QED) is 0.0320. The van der Waals surface area contributed by atoms with E-state index in [0.29, 0.717) is 25.9 Å². The summed E-state index contributed by atoms with van der Waals surface area (Å²) in [6.45, 7) is 4.91. The van der Waals surface area contributed by atoms with E-state index < -0.39 is 12.1 Å². The Morgan fingerprint density at radius 2 is 0.693 bits per heavy atom. The normalized spacial score (nSPS) is 12.6. The van der Waals surface area contributed by atoms with Crippen LogP contribution in [-0.4, -0.2) is 47.4 Å². The Kier molecular flexibility index (Phi) is 63.4. The molecule has 0 fully saturated rings. The summed E-state index contributed by atoms with van der Waals surface area (Å²) >= 11 is 0. The molecule has 1 amide bonds. The predicted octanol–water partition coefficient (Wildman–Crippen LogP) is 21.8. The second-order valence-electron chi connectivity index (χ2n) is 23.5. The monoisotopic (exact) mass is 1060 g/mol. The van der Waals surface area contributed by atoms with Gasteiger partial charge in [-0.05, 0) is 51.4 Å². The molecule has 0 spiro atoms. The molecule has 75 heavy (non-hydrogen) atoms. The second kappa shape index (κ2) is 64.9. The van der Waals surface area contributed by atoms with Crippen LogP contribution in [-0.2, 0) is 14.3 Å². The molecule has 0 radical (unpaired) electrons. The fourth-order valence-electron chi connectivity index (χ4n) is 10.8. The number of aliphatic hydroxyl groups excluding tert-OH is 2. The Morgan fingerprint density at radius 1 is 0.373 bits per heavy atom. The van der Waals surface area contributed by atoms with Crippen molar-refractivity contribution in [2.24, 2.45) is 0 Å². The Hall–Kier alpha value is -1.66. The lowest BCUT2D eigenvalue weighted by atomic mass is 10.0. The van der Waals surface area contributed by atoms with Gasteiger partial charge in [-0.3, -0.25) is 9.59 Å². The largest absolute Gasteiger partial charge is 0.466 e. The van der Waals surface area contributed by atoms with Gasteiger partial charge in [0.15, 0.2) is 0 Å². The topological polar surface area (TPSA) is 95.9 Å². The van der Waals surface area contributed by atoms with Gasteiger partial charge < -0.3 is 20.3 Å². The van der Waals surface area contributed by atoms with Gasteiger partial charge in [0.2, 0.25) is 5.91 Å². The first kappa shape index (κ1) is 73.3. The van der Waals surface area contributed by atoms with Gasteiger partial charge in [0, 0.05) is 12.8 Å². The number of hydrogen-bond acceptors (Lipinski definition) is 5. The minimum atomic E-state index is -0.661.